The number of ether oxygens (including phenoxy) is 1. The molecule has 1 aromatic carbocycles. The molecule has 0 saturated carbocycles. The number of carbonyl (C=O) groups excluding carboxylic acids is 2. The Kier molecular flexibility index (Phi) is 5.85. The molecular formula is C24H30N2O6. The molecule has 4 rings (SSSR count). The molecule has 8 nitrogen and oxygen atoms in total. The minimum atomic E-state index is -1.16. The Morgan fingerprint density at radius 1 is 1.34 bits per heavy atom. The number of aliphatic hydroxyl groups excluding tert-OH is 1. The van der Waals surface area contributed by atoms with E-state index in [9.17, 15) is 24.6 Å². The van der Waals surface area contributed by atoms with E-state index >= 15 is 0 Å². The van der Waals surface area contributed by atoms with E-state index in [0.717, 1.165) is 16.8 Å². The number of hydrogen-bond acceptors (Lipinski definition) is 5. The van der Waals surface area contributed by atoms with Crippen LogP contribution < -0.4 is 4.90 Å². The Bertz CT molecular complexity index is 942. The molecule has 2 amide bonds. The first-order valence-corrected chi connectivity index (χ1v) is 11.1. The molecule has 3 saturated heterocycles. The van der Waals surface area contributed by atoms with Crippen molar-refractivity contribution in [2.75, 3.05) is 24.6 Å². The van der Waals surface area contributed by atoms with Gasteiger partial charge in [-0.25, -0.2) is 0 Å². The fourth-order valence-electron chi connectivity index (χ4n) is 6.00. The van der Waals surface area contributed by atoms with Gasteiger partial charge < -0.3 is 24.7 Å². The van der Waals surface area contributed by atoms with Gasteiger partial charge in [-0.1, -0.05) is 24.3 Å². The number of fused-ring (bicyclic) bond motifs is 1. The molecule has 0 aliphatic carbocycles. The number of aryl methyl sites for hydroxylation is 2. The summed E-state index contributed by atoms with van der Waals surface area (Å²) >= 11 is 0. The van der Waals surface area contributed by atoms with Gasteiger partial charge >= 0.3 is 5.97 Å². The summed E-state index contributed by atoms with van der Waals surface area (Å²) in [5, 5.41) is 19.2. The zero-order chi connectivity index (χ0) is 23.2. The standard InChI is InChI=1S/C24H30N2O6/c1-4-11-25(19-14(2)7-5-8-15(19)3)22(29)20-24-10-9-16(32-24)17(23(30)31)18(24)21(28)26(20)12-6-13-27/h4-5,7-8,16-18,20,27H,1,6,9-13H2,2-3H3,(H,30,31)/t16-,17+,18+,20?,24?/m1/s1. The van der Waals surface area contributed by atoms with Crippen LogP contribution in [0.4, 0.5) is 5.69 Å². The van der Waals surface area contributed by atoms with Crippen LogP contribution in [0.15, 0.2) is 30.9 Å². The first kappa shape index (κ1) is 22.5. The van der Waals surface area contributed by atoms with Crippen molar-refractivity contribution in [2.45, 2.75) is 50.9 Å². The molecule has 32 heavy (non-hydrogen) atoms. The molecule has 1 spiro atoms. The average molecular weight is 443 g/mol. The van der Waals surface area contributed by atoms with Crippen LogP contribution in [0.25, 0.3) is 0 Å². The van der Waals surface area contributed by atoms with E-state index in [1.807, 2.05) is 32.0 Å². The third-order valence-corrected chi connectivity index (χ3v) is 7.16. The van der Waals surface area contributed by atoms with Gasteiger partial charge in [0.15, 0.2) is 0 Å². The van der Waals surface area contributed by atoms with Gasteiger partial charge in [0.1, 0.15) is 11.6 Å². The predicted octanol–water partition coefficient (Wildman–Crippen LogP) is 1.66. The summed E-state index contributed by atoms with van der Waals surface area (Å²) < 4.78 is 6.22. The summed E-state index contributed by atoms with van der Waals surface area (Å²) in [4.78, 5) is 42.7. The lowest BCUT2D eigenvalue weighted by Gasteiger charge is -2.37. The lowest BCUT2D eigenvalue weighted by atomic mass is 9.70. The second kappa shape index (κ2) is 8.33. The molecule has 3 fully saturated rings. The Balaban J connectivity index is 1.81. The van der Waals surface area contributed by atoms with Crippen molar-refractivity contribution in [3.63, 3.8) is 0 Å². The number of para-hydroxylation sites is 1. The zero-order valence-corrected chi connectivity index (χ0v) is 18.5. The Labute approximate surface area is 187 Å². The number of carbonyl (C=O) groups is 3. The number of nitrogens with zero attached hydrogens (tertiary/aromatic N) is 2. The van der Waals surface area contributed by atoms with E-state index < -0.39 is 35.6 Å². The molecule has 172 valence electrons. The minimum absolute atomic E-state index is 0.137. The van der Waals surface area contributed by atoms with E-state index in [1.165, 1.54) is 4.90 Å². The van der Waals surface area contributed by atoms with Gasteiger partial charge in [-0.15, -0.1) is 6.58 Å². The third kappa shape index (κ3) is 3.16. The number of aliphatic hydroxyl groups is 1. The number of carboxylic acid groups (broad SMARTS) is 1. The Morgan fingerprint density at radius 2 is 2.03 bits per heavy atom. The van der Waals surface area contributed by atoms with Gasteiger partial charge in [-0.3, -0.25) is 14.4 Å². The van der Waals surface area contributed by atoms with Gasteiger partial charge in [-0.05, 0) is 44.2 Å². The average Bonchev–Trinajstić information content (AvgIpc) is 3.38. The smallest absolute Gasteiger partial charge is 0.310 e. The number of rotatable bonds is 8. The molecule has 3 aliphatic rings. The van der Waals surface area contributed by atoms with Crippen LogP contribution in [-0.4, -0.2) is 70.3 Å². The highest BCUT2D eigenvalue weighted by molar-refractivity contribution is 6.05. The summed E-state index contributed by atoms with van der Waals surface area (Å²) in [7, 11) is 0. The van der Waals surface area contributed by atoms with Crippen molar-refractivity contribution in [2.24, 2.45) is 11.8 Å². The zero-order valence-electron chi connectivity index (χ0n) is 18.5. The van der Waals surface area contributed by atoms with Gasteiger partial charge in [-0.2, -0.15) is 0 Å². The highest BCUT2D eigenvalue weighted by atomic mass is 16.5. The van der Waals surface area contributed by atoms with Crippen molar-refractivity contribution < 1.29 is 29.3 Å². The molecule has 1 aromatic rings. The highest BCUT2D eigenvalue weighted by Gasteiger charge is 2.74. The Morgan fingerprint density at radius 3 is 2.62 bits per heavy atom. The first-order chi connectivity index (χ1) is 15.3. The second-order valence-corrected chi connectivity index (χ2v) is 8.98. The summed E-state index contributed by atoms with van der Waals surface area (Å²) in [6.07, 6.45) is 2.33. The van der Waals surface area contributed by atoms with Crippen molar-refractivity contribution in [3.8, 4) is 0 Å². The highest BCUT2D eigenvalue weighted by Crippen LogP contribution is 2.58. The first-order valence-electron chi connectivity index (χ1n) is 11.1. The van der Waals surface area contributed by atoms with Gasteiger partial charge in [0.2, 0.25) is 5.91 Å². The second-order valence-electron chi connectivity index (χ2n) is 8.98. The molecule has 0 aromatic heterocycles. The van der Waals surface area contributed by atoms with Gasteiger partial charge in [0.05, 0.1) is 17.9 Å². The van der Waals surface area contributed by atoms with Gasteiger partial charge in [0.25, 0.3) is 5.91 Å². The third-order valence-electron chi connectivity index (χ3n) is 7.16. The SMILES string of the molecule is C=CCN(C(=O)C1N(CCCO)C(=O)[C@@H]2[C@@H](C(=O)O)[C@H]3CCC12O3)c1c(C)cccc1C. The number of aliphatic carboxylic acids is 1. The van der Waals surface area contributed by atoms with Crippen molar-refractivity contribution in [3.05, 3.63) is 42.0 Å². The Hall–Kier alpha value is -2.71. The molecule has 2 unspecified atom stereocenters. The molecule has 8 heteroatoms. The van der Waals surface area contributed by atoms with Crippen LogP contribution in [-0.2, 0) is 19.1 Å². The summed E-state index contributed by atoms with van der Waals surface area (Å²) in [6.45, 7) is 7.93. The fraction of sp³-hybridized carbons (Fsp3) is 0.542. The van der Waals surface area contributed by atoms with Crippen LogP contribution >= 0.6 is 0 Å². The van der Waals surface area contributed by atoms with E-state index in [-0.39, 0.29) is 31.5 Å². The monoisotopic (exact) mass is 442 g/mol. The largest absolute Gasteiger partial charge is 0.481 e. The molecule has 2 N–H and O–H groups in total. The van der Waals surface area contributed by atoms with E-state index in [2.05, 4.69) is 6.58 Å². The summed E-state index contributed by atoms with van der Waals surface area (Å²) in [6, 6.07) is 4.83. The maximum Gasteiger partial charge on any atom is 0.310 e. The van der Waals surface area contributed by atoms with Crippen molar-refractivity contribution >= 4 is 23.5 Å². The van der Waals surface area contributed by atoms with Crippen molar-refractivity contribution in [1.29, 1.82) is 0 Å². The topological polar surface area (TPSA) is 107 Å². The number of benzene rings is 1. The number of likely N-dealkylation sites (tertiary alicyclic amines) is 1. The maximum atomic E-state index is 14.2. The van der Waals surface area contributed by atoms with Crippen LogP contribution in [0, 0.1) is 25.7 Å². The van der Waals surface area contributed by atoms with Gasteiger partial charge in [0, 0.05) is 25.4 Å². The van der Waals surface area contributed by atoms with E-state index in [0.29, 0.717) is 19.3 Å². The molecule has 5 atom stereocenters. The molecule has 0 radical (unpaired) electrons. The maximum absolute atomic E-state index is 14.2. The summed E-state index contributed by atoms with van der Waals surface area (Å²) in [5.41, 5.74) is 1.43. The minimum Gasteiger partial charge on any atom is -0.481 e. The quantitative estimate of drug-likeness (QED) is 0.593. The molecular weight excluding hydrogens is 412 g/mol. The van der Waals surface area contributed by atoms with Crippen LogP contribution in [0.1, 0.15) is 30.4 Å². The number of amides is 2. The molecule has 3 heterocycles. The van der Waals surface area contributed by atoms with E-state index in [4.69, 9.17) is 4.74 Å². The fourth-order valence-corrected chi connectivity index (χ4v) is 6.00. The van der Waals surface area contributed by atoms with Crippen molar-refractivity contribution in [1.82, 2.24) is 4.90 Å². The lowest BCUT2D eigenvalue weighted by Crippen LogP contribution is -2.56. The number of hydrogen-bond donors (Lipinski definition) is 2. The van der Waals surface area contributed by atoms with E-state index in [1.54, 1.807) is 11.0 Å². The predicted molar refractivity (Wildman–Crippen MR) is 117 cm³/mol. The number of carboxylic acids is 1. The molecule has 3 aliphatic heterocycles. The number of anilines is 1. The van der Waals surface area contributed by atoms with Crippen LogP contribution in [0.5, 0.6) is 0 Å². The summed E-state index contributed by atoms with van der Waals surface area (Å²) in [5.74, 6) is -3.59. The lowest BCUT2D eigenvalue weighted by molar-refractivity contribution is -0.149. The molecule has 2 bridgehead atoms. The van der Waals surface area contributed by atoms with Crippen LogP contribution in [0.3, 0.4) is 0 Å². The van der Waals surface area contributed by atoms with Crippen LogP contribution in [0.2, 0.25) is 0 Å². The normalized spacial score (nSPS) is 30.5.